The Morgan fingerprint density at radius 3 is 2.36 bits per heavy atom. The molecular weight excluding hydrogens is 354 g/mol. The van der Waals surface area contributed by atoms with Crippen molar-refractivity contribution in [2.45, 2.75) is 44.6 Å². The first kappa shape index (κ1) is 18.5. The highest BCUT2D eigenvalue weighted by Gasteiger charge is 2.37. The Kier molecular flexibility index (Phi) is 5.30. The van der Waals surface area contributed by atoms with Gasteiger partial charge in [-0.25, -0.2) is 5.48 Å². The fourth-order valence-corrected chi connectivity index (χ4v) is 3.88. The van der Waals surface area contributed by atoms with E-state index >= 15 is 0 Å². The van der Waals surface area contributed by atoms with Gasteiger partial charge in [-0.2, -0.15) is 0 Å². The number of anilines is 3. The van der Waals surface area contributed by atoms with Gasteiger partial charge in [0.1, 0.15) is 0 Å². The number of hydroxylamine groups is 1. The van der Waals surface area contributed by atoms with Crippen molar-refractivity contribution in [3.05, 3.63) is 54.1 Å². The fourth-order valence-electron chi connectivity index (χ4n) is 3.88. The van der Waals surface area contributed by atoms with E-state index in [2.05, 4.69) is 11.0 Å². The highest BCUT2D eigenvalue weighted by Crippen LogP contribution is 2.46. The van der Waals surface area contributed by atoms with Crippen LogP contribution in [0.2, 0.25) is 0 Å². The molecule has 0 unspecified atom stereocenters. The van der Waals surface area contributed by atoms with Crippen molar-refractivity contribution in [1.29, 1.82) is 0 Å². The lowest BCUT2D eigenvalue weighted by atomic mass is 10.1. The van der Waals surface area contributed by atoms with Gasteiger partial charge in [-0.15, -0.1) is 0 Å². The topological polar surface area (TPSA) is 72.9 Å². The van der Waals surface area contributed by atoms with Crippen molar-refractivity contribution >= 4 is 28.9 Å². The summed E-state index contributed by atoms with van der Waals surface area (Å²) in [4.78, 5) is 28.8. The number of hydrogen-bond acceptors (Lipinski definition) is 4. The molecule has 1 saturated carbocycles. The molecule has 1 heterocycles. The van der Waals surface area contributed by atoms with E-state index in [1.165, 1.54) is 0 Å². The summed E-state index contributed by atoms with van der Waals surface area (Å²) in [7, 11) is 0. The van der Waals surface area contributed by atoms with Crippen LogP contribution in [-0.4, -0.2) is 29.6 Å². The number of amides is 2. The number of nitrogens with one attached hydrogen (secondary N) is 1. The zero-order valence-corrected chi connectivity index (χ0v) is 15.8. The van der Waals surface area contributed by atoms with Crippen LogP contribution >= 0.6 is 0 Å². The predicted octanol–water partition coefficient (Wildman–Crippen LogP) is 4.01. The molecule has 28 heavy (non-hydrogen) atoms. The maximum atomic E-state index is 13.4. The summed E-state index contributed by atoms with van der Waals surface area (Å²) in [5.41, 5.74) is 5.42. The number of carbonyl (C=O) groups excluding carboxylic acids is 2. The number of carbonyl (C=O) groups is 2. The molecule has 6 heteroatoms. The first-order valence-electron chi connectivity index (χ1n) is 9.93. The van der Waals surface area contributed by atoms with Crippen molar-refractivity contribution in [3.8, 4) is 0 Å². The maximum Gasteiger partial charge on any atom is 0.260 e. The van der Waals surface area contributed by atoms with E-state index in [4.69, 9.17) is 5.21 Å². The van der Waals surface area contributed by atoms with Crippen LogP contribution in [0.15, 0.2) is 48.5 Å². The molecule has 2 aliphatic rings. The van der Waals surface area contributed by atoms with Crippen molar-refractivity contribution in [3.63, 3.8) is 0 Å². The van der Waals surface area contributed by atoms with Crippen LogP contribution in [0.4, 0.5) is 17.1 Å². The third-order valence-electron chi connectivity index (χ3n) is 5.39. The highest BCUT2D eigenvalue weighted by atomic mass is 16.5. The lowest BCUT2D eigenvalue weighted by molar-refractivity contribution is -0.129. The average molecular weight is 379 g/mol. The Hall–Kier alpha value is -2.86. The molecule has 2 N–H and O–H groups in total. The van der Waals surface area contributed by atoms with Crippen LogP contribution in [0, 0.1) is 0 Å². The average Bonchev–Trinajstić information content (AvgIpc) is 3.56. The molecule has 2 amide bonds. The van der Waals surface area contributed by atoms with Crippen LogP contribution in [0.3, 0.4) is 0 Å². The molecule has 1 fully saturated rings. The quantitative estimate of drug-likeness (QED) is 0.433. The fraction of sp³-hybridized carbons (Fsp3) is 0.364. The summed E-state index contributed by atoms with van der Waals surface area (Å²) >= 11 is 0. The second-order valence-corrected chi connectivity index (χ2v) is 7.41. The summed E-state index contributed by atoms with van der Waals surface area (Å²) < 4.78 is 0. The van der Waals surface area contributed by atoms with Crippen LogP contribution < -0.4 is 15.3 Å². The third kappa shape index (κ3) is 3.60. The Morgan fingerprint density at radius 2 is 1.64 bits per heavy atom. The number of unbranched alkanes of at least 4 members (excludes halogenated alkanes) is 2. The Bertz CT molecular complexity index is 879. The number of nitrogens with zero attached hydrogens (tertiary/aromatic N) is 2. The minimum absolute atomic E-state index is 0.0271. The van der Waals surface area contributed by atoms with Crippen LogP contribution in [-0.2, 0) is 4.79 Å². The SMILES string of the molecule is O=C(CCCCCN1C(=O)c2ccccc2N(C2CC2)c2ccccc21)NO. The van der Waals surface area contributed by atoms with E-state index in [1.54, 1.807) is 5.48 Å². The Morgan fingerprint density at radius 1 is 0.964 bits per heavy atom. The summed E-state index contributed by atoms with van der Waals surface area (Å²) in [6.45, 7) is 0.601. The molecule has 0 atom stereocenters. The molecule has 2 aromatic rings. The van der Waals surface area contributed by atoms with Gasteiger partial charge in [0.15, 0.2) is 0 Å². The zero-order chi connectivity index (χ0) is 19.5. The molecule has 146 valence electrons. The third-order valence-corrected chi connectivity index (χ3v) is 5.39. The van der Waals surface area contributed by atoms with Gasteiger partial charge in [0.2, 0.25) is 5.91 Å². The smallest absolute Gasteiger partial charge is 0.260 e. The maximum absolute atomic E-state index is 13.4. The molecule has 1 aliphatic heterocycles. The van der Waals surface area contributed by atoms with E-state index in [1.807, 2.05) is 47.4 Å². The molecule has 0 radical (unpaired) electrons. The molecule has 0 aromatic heterocycles. The summed E-state index contributed by atoms with van der Waals surface area (Å²) in [5.74, 6) is -0.343. The van der Waals surface area contributed by atoms with Crippen molar-refractivity contribution in [2.75, 3.05) is 16.3 Å². The summed E-state index contributed by atoms with van der Waals surface area (Å²) in [5, 5.41) is 8.58. The Balaban J connectivity index is 1.60. The van der Waals surface area contributed by atoms with Crippen molar-refractivity contribution in [1.82, 2.24) is 5.48 Å². The minimum atomic E-state index is -0.370. The number of rotatable bonds is 7. The van der Waals surface area contributed by atoms with Crippen molar-refractivity contribution < 1.29 is 14.8 Å². The second kappa shape index (κ2) is 8.02. The number of para-hydroxylation sites is 3. The highest BCUT2D eigenvalue weighted by molar-refractivity contribution is 6.14. The summed E-state index contributed by atoms with van der Waals surface area (Å²) in [6.07, 6.45) is 4.87. The van der Waals surface area contributed by atoms with Gasteiger partial charge in [0.05, 0.1) is 22.6 Å². The van der Waals surface area contributed by atoms with Crippen molar-refractivity contribution in [2.24, 2.45) is 0 Å². The van der Waals surface area contributed by atoms with Gasteiger partial charge in [-0.3, -0.25) is 14.8 Å². The standard InChI is InChI=1S/C22H25N3O3/c26-21(23-28)12-2-1-7-15-24-19-10-5-6-11-20(19)25(16-13-14-16)18-9-4-3-8-17(18)22(24)27/h3-6,8-11,16,28H,1-2,7,12-15H2,(H,23,26). The summed E-state index contributed by atoms with van der Waals surface area (Å²) in [6, 6.07) is 16.4. The minimum Gasteiger partial charge on any atom is -0.336 e. The Labute approximate surface area is 164 Å². The lowest BCUT2D eigenvalue weighted by Gasteiger charge is -2.27. The molecule has 4 rings (SSSR count). The normalized spacial score (nSPS) is 15.7. The van der Waals surface area contributed by atoms with Crippen LogP contribution in [0.1, 0.15) is 48.9 Å². The molecular formula is C22H25N3O3. The van der Waals surface area contributed by atoms with E-state index in [0.29, 0.717) is 25.4 Å². The van der Waals surface area contributed by atoms with Crippen LogP contribution in [0.5, 0.6) is 0 Å². The molecule has 0 spiro atoms. The molecule has 6 nitrogen and oxygen atoms in total. The molecule has 1 aliphatic carbocycles. The van der Waals surface area contributed by atoms with Gasteiger partial charge >= 0.3 is 0 Å². The largest absolute Gasteiger partial charge is 0.336 e. The zero-order valence-electron chi connectivity index (χ0n) is 15.8. The monoisotopic (exact) mass is 379 g/mol. The molecule has 0 bridgehead atoms. The van der Waals surface area contributed by atoms with E-state index in [-0.39, 0.29) is 11.8 Å². The first-order valence-corrected chi connectivity index (χ1v) is 9.93. The van der Waals surface area contributed by atoms with Gasteiger partial charge in [-0.1, -0.05) is 30.7 Å². The second-order valence-electron chi connectivity index (χ2n) is 7.41. The van der Waals surface area contributed by atoms with Gasteiger partial charge < -0.3 is 9.80 Å². The van der Waals surface area contributed by atoms with Crippen LogP contribution in [0.25, 0.3) is 0 Å². The van der Waals surface area contributed by atoms with Gasteiger partial charge in [0, 0.05) is 19.0 Å². The molecule has 2 aromatic carbocycles. The number of fused-ring (bicyclic) bond motifs is 2. The van der Waals surface area contributed by atoms with E-state index in [9.17, 15) is 9.59 Å². The lowest BCUT2D eigenvalue weighted by Crippen LogP contribution is -2.31. The predicted molar refractivity (Wildman–Crippen MR) is 108 cm³/mol. The molecule has 0 saturated heterocycles. The number of hydrogen-bond donors (Lipinski definition) is 2. The first-order chi connectivity index (χ1) is 13.7. The van der Waals surface area contributed by atoms with E-state index in [0.717, 1.165) is 48.3 Å². The number of benzene rings is 2. The van der Waals surface area contributed by atoms with E-state index < -0.39 is 0 Å². The van der Waals surface area contributed by atoms with Gasteiger partial charge in [-0.05, 0) is 49.9 Å². The van der Waals surface area contributed by atoms with Gasteiger partial charge in [0.25, 0.3) is 5.91 Å².